The molecule has 2 aromatic rings. The molecule has 126 valence electrons. The molecule has 0 radical (unpaired) electrons. The SMILES string of the molecule is CN(C(=O)Cn1ccc(=O)[nH]c1=O)C(Cc1ccccc1)C(=O)O. The van der Waals surface area contributed by atoms with Crippen molar-refractivity contribution in [3.05, 3.63) is 69.0 Å². The molecule has 0 aliphatic heterocycles. The summed E-state index contributed by atoms with van der Waals surface area (Å²) in [5.41, 5.74) is -0.505. The molecule has 1 unspecified atom stereocenters. The van der Waals surface area contributed by atoms with E-state index < -0.39 is 29.2 Å². The quantitative estimate of drug-likeness (QED) is 0.754. The summed E-state index contributed by atoms with van der Waals surface area (Å²) < 4.78 is 1.02. The zero-order valence-electron chi connectivity index (χ0n) is 13.0. The molecule has 24 heavy (non-hydrogen) atoms. The number of aromatic amines is 1. The van der Waals surface area contributed by atoms with Crippen LogP contribution in [0.15, 0.2) is 52.2 Å². The largest absolute Gasteiger partial charge is 0.480 e. The van der Waals surface area contributed by atoms with Crippen molar-refractivity contribution in [3.8, 4) is 0 Å². The Labute approximate surface area is 137 Å². The van der Waals surface area contributed by atoms with E-state index in [1.165, 1.54) is 13.2 Å². The van der Waals surface area contributed by atoms with Crippen molar-refractivity contribution in [1.82, 2.24) is 14.5 Å². The topological polar surface area (TPSA) is 112 Å². The fourth-order valence-corrected chi connectivity index (χ4v) is 2.23. The molecule has 2 N–H and O–H groups in total. The minimum Gasteiger partial charge on any atom is -0.480 e. The number of rotatable bonds is 6. The summed E-state index contributed by atoms with van der Waals surface area (Å²) in [7, 11) is 1.38. The molecule has 1 amide bonds. The normalized spacial score (nSPS) is 11.7. The second kappa shape index (κ2) is 7.40. The molecule has 0 aliphatic rings. The first-order valence-electron chi connectivity index (χ1n) is 7.20. The van der Waals surface area contributed by atoms with Crippen LogP contribution in [0, 0.1) is 0 Å². The second-order valence-electron chi connectivity index (χ2n) is 5.29. The van der Waals surface area contributed by atoms with E-state index in [2.05, 4.69) is 0 Å². The number of H-pyrrole nitrogens is 1. The molecule has 8 heteroatoms. The van der Waals surface area contributed by atoms with Gasteiger partial charge in [-0.2, -0.15) is 0 Å². The highest BCUT2D eigenvalue weighted by molar-refractivity contribution is 5.83. The van der Waals surface area contributed by atoms with Crippen molar-refractivity contribution >= 4 is 11.9 Å². The standard InChI is InChI=1S/C16H17N3O5/c1-18(12(15(22)23)9-11-5-3-2-4-6-11)14(21)10-19-8-7-13(20)17-16(19)24/h2-8,12H,9-10H2,1H3,(H,22,23)(H,17,20,24). The van der Waals surface area contributed by atoms with Crippen molar-refractivity contribution < 1.29 is 14.7 Å². The molecule has 0 saturated heterocycles. The number of hydrogen-bond acceptors (Lipinski definition) is 4. The van der Waals surface area contributed by atoms with Gasteiger partial charge in [0.25, 0.3) is 5.56 Å². The van der Waals surface area contributed by atoms with Gasteiger partial charge in [0.15, 0.2) is 0 Å². The molecular weight excluding hydrogens is 314 g/mol. The molecule has 2 rings (SSSR count). The van der Waals surface area contributed by atoms with E-state index in [4.69, 9.17) is 0 Å². The first-order chi connectivity index (χ1) is 11.4. The molecular formula is C16H17N3O5. The Bertz CT molecular complexity index is 841. The lowest BCUT2D eigenvalue weighted by Crippen LogP contribution is -2.46. The maximum absolute atomic E-state index is 12.3. The van der Waals surface area contributed by atoms with Crippen LogP contribution in [0.25, 0.3) is 0 Å². The monoisotopic (exact) mass is 331 g/mol. The average Bonchev–Trinajstić information content (AvgIpc) is 2.55. The van der Waals surface area contributed by atoms with E-state index in [-0.39, 0.29) is 13.0 Å². The zero-order valence-corrected chi connectivity index (χ0v) is 13.0. The molecule has 0 saturated carbocycles. The lowest BCUT2D eigenvalue weighted by molar-refractivity contribution is -0.149. The predicted octanol–water partition coefficient (Wildman–Crippen LogP) is -0.309. The van der Waals surface area contributed by atoms with Gasteiger partial charge in [0.2, 0.25) is 5.91 Å². The number of nitrogens with one attached hydrogen (secondary N) is 1. The third kappa shape index (κ3) is 4.19. The first kappa shape index (κ1) is 17.2. The van der Waals surface area contributed by atoms with Gasteiger partial charge in [-0.15, -0.1) is 0 Å². The van der Waals surface area contributed by atoms with Gasteiger partial charge in [0.05, 0.1) is 0 Å². The molecule has 0 aliphatic carbocycles. The Kier molecular flexibility index (Phi) is 5.31. The van der Waals surface area contributed by atoms with E-state index in [0.717, 1.165) is 21.1 Å². The molecule has 0 fully saturated rings. The molecule has 1 heterocycles. The highest BCUT2D eigenvalue weighted by Gasteiger charge is 2.27. The van der Waals surface area contributed by atoms with Gasteiger partial charge in [0.1, 0.15) is 12.6 Å². The Balaban J connectivity index is 2.15. The van der Waals surface area contributed by atoms with E-state index in [1.807, 2.05) is 11.1 Å². The molecule has 1 atom stereocenters. The summed E-state index contributed by atoms with van der Waals surface area (Å²) in [5.74, 6) is -1.68. The fraction of sp³-hybridized carbons (Fsp3) is 0.250. The number of aromatic nitrogens is 2. The van der Waals surface area contributed by atoms with Gasteiger partial charge < -0.3 is 10.0 Å². The van der Waals surface area contributed by atoms with Crippen LogP contribution in [-0.4, -0.2) is 44.5 Å². The number of carboxylic acids is 1. The Morgan fingerprint density at radius 1 is 1.21 bits per heavy atom. The summed E-state index contributed by atoms with van der Waals surface area (Å²) in [6.07, 6.45) is 1.35. The van der Waals surface area contributed by atoms with Gasteiger partial charge in [-0.25, -0.2) is 9.59 Å². The van der Waals surface area contributed by atoms with Gasteiger partial charge in [-0.1, -0.05) is 30.3 Å². The summed E-state index contributed by atoms with van der Waals surface area (Å²) >= 11 is 0. The van der Waals surface area contributed by atoms with Crippen LogP contribution in [0.2, 0.25) is 0 Å². The number of nitrogens with zero attached hydrogens (tertiary/aromatic N) is 2. The summed E-state index contributed by atoms with van der Waals surface area (Å²) in [4.78, 5) is 49.6. The minimum absolute atomic E-state index is 0.152. The molecule has 8 nitrogen and oxygen atoms in total. The lowest BCUT2D eigenvalue weighted by atomic mass is 10.1. The Hall–Kier alpha value is -3.16. The number of benzene rings is 1. The van der Waals surface area contributed by atoms with E-state index in [0.29, 0.717) is 0 Å². The van der Waals surface area contributed by atoms with E-state index in [1.54, 1.807) is 24.3 Å². The molecule has 0 spiro atoms. The molecule has 0 bridgehead atoms. The number of carboxylic acid groups (broad SMARTS) is 1. The zero-order chi connectivity index (χ0) is 17.7. The van der Waals surface area contributed by atoms with Crippen molar-refractivity contribution in [2.45, 2.75) is 19.0 Å². The van der Waals surface area contributed by atoms with Crippen LogP contribution in [0.5, 0.6) is 0 Å². The fourth-order valence-electron chi connectivity index (χ4n) is 2.23. The van der Waals surface area contributed by atoms with Gasteiger partial charge in [-0.3, -0.25) is 19.1 Å². The van der Waals surface area contributed by atoms with E-state index >= 15 is 0 Å². The van der Waals surface area contributed by atoms with Gasteiger partial charge in [-0.05, 0) is 5.56 Å². The number of likely N-dealkylation sites (N-methyl/N-ethyl adjacent to an activating group) is 1. The van der Waals surface area contributed by atoms with Crippen LogP contribution in [0.3, 0.4) is 0 Å². The lowest BCUT2D eigenvalue weighted by Gasteiger charge is -2.25. The summed E-state index contributed by atoms with van der Waals surface area (Å²) in [5, 5.41) is 9.40. The third-order valence-corrected chi connectivity index (χ3v) is 3.62. The number of hydrogen-bond donors (Lipinski definition) is 2. The van der Waals surface area contributed by atoms with Crippen LogP contribution >= 0.6 is 0 Å². The van der Waals surface area contributed by atoms with Crippen molar-refractivity contribution in [2.75, 3.05) is 7.05 Å². The smallest absolute Gasteiger partial charge is 0.328 e. The predicted molar refractivity (Wildman–Crippen MR) is 85.7 cm³/mol. The van der Waals surface area contributed by atoms with Crippen molar-refractivity contribution in [1.29, 1.82) is 0 Å². The minimum atomic E-state index is -1.14. The maximum atomic E-state index is 12.3. The first-order valence-corrected chi connectivity index (χ1v) is 7.20. The van der Waals surface area contributed by atoms with Gasteiger partial charge >= 0.3 is 11.7 Å². The van der Waals surface area contributed by atoms with Crippen molar-refractivity contribution in [3.63, 3.8) is 0 Å². The third-order valence-electron chi connectivity index (χ3n) is 3.62. The van der Waals surface area contributed by atoms with Crippen molar-refractivity contribution in [2.24, 2.45) is 0 Å². The maximum Gasteiger partial charge on any atom is 0.328 e. The summed E-state index contributed by atoms with van der Waals surface area (Å²) in [6, 6.07) is 9.01. The van der Waals surface area contributed by atoms with Crippen LogP contribution in [0.4, 0.5) is 0 Å². The van der Waals surface area contributed by atoms with Crippen LogP contribution < -0.4 is 11.2 Å². The van der Waals surface area contributed by atoms with E-state index in [9.17, 15) is 24.3 Å². The molecule has 1 aromatic carbocycles. The number of aliphatic carboxylic acids is 1. The van der Waals surface area contributed by atoms with Crippen LogP contribution in [-0.2, 0) is 22.6 Å². The Morgan fingerprint density at radius 3 is 2.46 bits per heavy atom. The van der Waals surface area contributed by atoms with Crippen LogP contribution in [0.1, 0.15) is 5.56 Å². The number of carbonyl (C=O) groups excluding carboxylic acids is 1. The Morgan fingerprint density at radius 2 is 1.88 bits per heavy atom. The number of carbonyl (C=O) groups is 2. The highest BCUT2D eigenvalue weighted by atomic mass is 16.4. The average molecular weight is 331 g/mol. The molecule has 1 aromatic heterocycles. The summed E-state index contributed by atoms with van der Waals surface area (Å²) in [6.45, 7) is -0.356. The second-order valence-corrected chi connectivity index (χ2v) is 5.29. The highest BCUT2D eigenvalue weighted by Crippen LogP contribution is 2.09. The number of amides is 1. The van der Waals surface area contributed by atoms with Gasteiger partial charge in [0, 0.05) is 25.7 Å².